The molecular weight excluding hydrogens is 228 g/mol. The van der Waals surface area contributed by atoms with E-state index in [0.29, 0.717) is 5.88 Å². The largest absolute Gasteiger partial charge is 0.422 e. The Morgan fingerprint density at radius 3 is 2.83 bits per heavy atom. The summed E-state index contributed by atoms with van der Waals surface area (Å²) >= 11 is 0. The van der Waals surface area contributed by atoms with Gasteiger partial charge >= 0.3 is 0 Å². The van der Waals surface area contributed by atoms with Crippen LogP contribution in [0.3, 0.4) is 0 Å². The van der Waals surface area contributed by atoms with Crippen LogP contribution in [-0.2, 0) is 6.42 Å². The van der Waals surface area contributed by atoms with Gasteiger partial charge in [-0.25, -0.2) is 0 Å². The number of rotatable bonds is 3. The molecule has 0 aromatic carbocycles. The highest BCUT2D eigenvalue weighted by atomic mass is 16.5. The summed E-state index contributed by atoms with van der Waals surface area (Å²) < 4.78 is 5.36. The number of ether oxygens (including phenoxy) is 1. The van der Waals surface area contributed by atoms with Gasteiger partial charge in [-0.1, -0.05) is 27.2 Å². The van der Waals surface area contributed by atoms with Gasteiger partial charge in [-0.3, -0.25) is 10.5 Å². The minimum absolute atomic E-state index is 0.00782. The molecule has 0 amide bonds. The van der Waals surface area contributed by atoms with Gasteiger partial charge in [-0.05, 0) is 12.3 Å². The lowest BCUT2D eigenvalue weighted by Crippen LogP contribution is -2.33. The molecule has 0 aliphatic carbocycles. The van der Waals surface area contributed by atoms with Crippen molar-refractivity contribution in [2.75, 3.05) is 0 Å². The molecule has 2 rings (SSSR count). The van der Waals surface area contributed by atoms with E-state index in [-0.39, 0.29) is 17.7 Å². The molecule has 1 aliphatic heterocycles. The Morgan fingerprint density at radius 1 is 1.56 bits per heavy atom. The van der Waals surface area contributed by atoms with Gasteiger partial charge in [-0.15, -0.1) is 5.10 Å². The van der Waals surface area contributed by atoms with Gasteiger partial charge in [0.25, 0.3) is 0 Å². The number of hydrogen-bond acceptors (Lipinski definition) is 4. The maximum Gasteiger partial charge on any atom is 0.243 e. The lowest BCUT2D eigenvalue weighted by atomic mass is 9.77. The van der Waals surface area contributed by atoms with Crippen LogP contribution in [0.2, 0.25) is 0 Å². The van der Waals surface area contributed by atoms with Crippen LogP contribution in [0.5, 0.6) is 5.88 Å². The summed E-state index contributed by atoms with van der Waals surface area (Å²) in [5.74, 6) is 0.245. The van der Waals surface area contributed by atoms with Crippen molar-refractivity contribution in [3.8, 4) is 11.9 Å². The highest BCUT2D eigenvalue weighted by Gasteiger charge is 2.40. The van der Waals surface area contributed by atoms with Gasteiger partial charge in [0, 0.05) is 17.2 Å². The molecular formula is C13H18N4O. The van der Waals surface area contributed by atoms with Crippen molar-refractivity contribution in [1.29, 1.82) is 10.7 Å². The first kappa shape index (κ1) is 12.6. The van der Waals surface area contributed by atoms with Crippen molar-refractivity contribution in [3.63, 3.8) is 0 Å². The summed E-state index contributed by atoms with van der Waals surface area (Å²) in [6.07, 6.45) is 1.90. The Bertz CT molecular complexity index is 498. The smallest absolute Gasteiger partial charge is 0.243 e. The lowest BCUT2D eigenvalue weighted by Gasteiger charge is -2.30. The van der Waals surface area contributed by atoms with E-state index in [0.717, 1.165) is 24.1 Å². The minimum Gasteiger partial charge on any atom is -0.422 e. The lowest BCUT2D eigenvalue weighted by molar-refractivity contribution is 0.364. The van der Waals surface area contributed by atoms with Crippen LogP contribution in [0.4, 0.5) is 0 Å². The monoisotopic (exact) mass is 246 g/mol. The quantitative estimate of drug-likeness (QED) is 0.859. The third kappa shape index (κ3) is 1.88. The first-order chi connectivity index (χ1) is 8.60. The zero-order valence-electron chi connectivity index (χ0n) is 10.9. The van der Waals surface area contributed by atoms with E-state index in [4.69, 9.17) is 10.1 Å². The second-order valence-corrected chi connectivity index (χ2v) is 5.01. The van der Waals surface area contributed by atoms with E-state index in [1.54, 1.807) is 0 Å². The molecule has 5 heteroatoms. The normalized spacial score (nSPS) is 22.5. The molecule has 2 N–H and O–H groups in total. The molecule has 1 aromatic heterocycles. The standard InChI is InChI=1S/C13H18N4O/c1-4-5-9-11-10(7(2)3)8(6-14)12(15)18-13(11)17-16-9/h7-8,10,15H,4-5H2,1-3H3,(H,16,17). The van der Waals surface area contributed by atoms with Crippen LogP contribution in [0, 0.1) is 28.6 Å². The first-order valence-corrected chi connectivity index (χ1v) is 6.33. The van der Waals surface area contributed by atoms with Gasteiger partial charge in [0.15, 0.2) is 0 Å². The second kappa shape index (κ2) is 4.81. The predicted octanol–water partition coefficient (Wildman–Crippen LogP) is 2.61. The number of nitrogens with one attached hydrogen (secondary N) is 2. The van der Waals surface area contributed by atoms with Crippen molar-refractivity contribution >= 4 is 5.90 Å². The fraction of sp³-hybridized carbons (Fsp3) is 0.615. The molecule has 2 heterocycles. The maximum absolute atomic E-state index is 9.26. The van der Waals surface area contributed by atoms with Crippen molar-refractivity contribution < 1.29 is 4.74 Å². The van der Waals surface area contributed by atoms with E-state index in [1.165, 1.54) is 0 Å². The Balaban J connectivity index is 2.51. The minimum atomic E-state index is -0.509. The summed E-state index contributed by atoms with van der Waals surface area (Å²) in [6.45, 7) is 6.24. The van der Waals surface area contributed by atoms with E-state index >= 15 is 0 Å². The van der Waals surface area contributed by atoms with E-state index < -0.39 is 5.92 Å². The van der Waals surface area contributed by atoms with Gasteiger partial charge in [0.2, 0.25) is 11.8 Å². The molecule has 1 aromatic rings. The summed E-state index contributed by atoms with van der Waals surface area (Å²) in [4.78, 5) is 0. The van der Waals surface area contributed by atoms with Crippen LogP contribution in [0.25, 0.3) is 0 Å². The van der Waals surface area contributed by atoms with Gasteiger partial charge in [0.05, 0.1) is 6.07 Å². The number of aromatic amines is 1. The van der Waals surface area contributed by atoms with Crippen molar-refractivity contribution in [3.05, 3.63) is 11.3 Å². The molecule has 0 radical (unpaired) electrons. The van der Waals surface area contributed by atoms with Crippen LogP contribution in [-0.4, -0.2) is 16.1 Å². The van der Waals surface area contributed by atoms with Gasteiger partial charge in [-0.2, -0.15) is 5.26 Å². The fourth-order valence-corrected chi connectivity index (χ4v) is 2.58. The number of aromatic nitrogens is 2. The molecule has 0 fully saturated rings. The average molecular weight is 246 g/mol. The Labute approximate surface area is 107 Å². The van der Waals surface area contributed by atoms with E-state index in [1.807, 2.05) is 0 Å². The van der Waals surface area contributed by atoms with Crippen molar-refractivity contribution in [1.82, 2.24) is 10.2 Å². The molecule has 2 atom stereocenters. The number of hydrogen-bond donors (Lipinski definition) is 2. The second-order valence-electron chi connectivity index (χ2n) is 5.01. The number of nitriles is 1. The molecule has 0 saturated carbocycles. The fourth-order valence-electron chi connectivity index (χ4n) is 2.58. The van der Waals surface area contributed by atoms with Crippen LogP contribution in [0.15, 0.2) is 0 Å². The molecule has 18 heavy (non-hydrogen) atoms. The molecule has 0 saturated heterocycles. The highest BCUT2D eigenvalue weighted by Crippen LogP contribution is 2.43. The maximum atomic E-state index is 9.26. The highest BCUT2D eigenvalue weighted by molar-refractivity contribution is 5.83. The Kier molecular flexibility index (Phi) is 3.37. The number of nitrogens with zero attached hydrogens (tertiary/aromatic N) is 2. The predicted molar refractivity (Wildman–Crippen MR) is 67.6 cm³/mol. The van der Waals surface area contributed by atoms with Crippen LogP contribution < -0.4 is 4.74 Å². The number of aryl methyl sites for hydroxylation is 1. The van der Waals surface area contributed by atoms with Gasteiger partial charge in [0.1, 0.15) is 5.92 Å². The van der Waals surface area contributed by atoms with Crippen molar-refractivity contribution in [2.45, 2.75) is 39.5 Å². The molecule has 0 spiro atoms. The zero-order chi connectivity index (χ0) is 13.3. The van der Waals surface area contributed by atoms with Gasteiger partial charge < -0.3 is 4.74 Å². The Morgan fingerprint density at radius 2 is 2.28 bits per heavy atom. The molecule has 96 valence electrons. The van der Waals surface area contributed by atoms with Crippen LogP contribution in [0.1, 0.15) is 44.4 Å². The molecule has 5 nitrogen and oxygen atoms in total. The SMILES string of the molecule is CCCc1[nH]nc2c1C(C(C)C)C(C#N)C(=N)O2. The summed E-state index contributed by atoms with van der Waals surface area (Å²) in [5, 5.41) is 24.2. The number of fused-ring (bicyclic) bond motifs is 1. The average Bonchev–Trinajstić information content (AvgIpc) is 2.70. The summed E-state index contributed by atoms with van der Waals surface area (Å²) in [6, 6.07) is 2.19. The summed E-state index contributed by atoms with van der Waals surface area (Å²) in [5.41, 5.74) is 2.04. The third-order valence-electron chi connectivity index (χ3n) is 3.39. The van der Waals surface area contributed by atoms with Crippen LogP contribution >= 0.6 is 0 Å². The third-order valence-corrected chi connectivity index (χ3v) is 3.39. The molecule has 0 bridgehead atoms. The Hall–Kier alpha value is -1.83. The molecule has 1 aliphatic rings. The van der Waals surface area contributed by atoms with E-state index in [9.17, 15) is 5.26 Å². The van der Waals surface area contributed by atoms with E-state index in [2.05, 4.69) is 37.0 Å². The first-order valence-electron chi connectivity index (χ1n) is 6.33. The molecule has 2 unspecified atom stereocenters. The number of H-pyrrole nitrogens is 1. The topological polar surface area (TPSA) is 85.5 Å². The summed E-state index contributed by atoms with van der Waals surface area (Å²) in [7, 11) is 0. The zero-order valence-corrected chi connectivity index (χ0v) is 10.9. The van der Waals surface area contributed by atoms with Crippen molar-refractivity contribution in [2.24, 2.45) is 11.8 Å².